The van der Waals surface area contributed by atoms with Crippen LogP contribution in [-0.2, 0) is 11.4 Å². The third-order valence-corrected chi connectivity index (χ3v) is 5.46. The molecule has 25 heavy (non-hydrogen) atoms. The number of carbonyl (C=O) groups is 1. The molecule has 4 rings (SSSR count). The number of imidazole rings is 1. The first-order valence-corrected chi connectivity index (χ1v) is 8.97. The van der Waals surface area contributed by atoms with E-state index in [1.165, 1.54) is 12.3 Å². The van der Waals surface area contributed by atoms with Crippen LogP contribution in [0.4, 0.5) is 4.39 Å². The summed E-state index contributed by atoms with van der Waals surface area (Å²) < 4.78 is 29.9. The van der Waals surface area contributed by atoms with Crippen molar-refractivity contribution in [2.45, 2.75) is 37.9 Å². The van der Waals surface area contributed by atoms with Crippen molar-refractivity contribution in [1.29, 1.82) is 0 Å². The van der Waals surface area contributed by atoms with Gasteiger partial charge >= 0.3 is 0 Å². The molecule has 130 valence electrons. The molecular weight excluding hydrogens is 438 g/mol. The quantitative estimate of drug-likeness (QED) is 0.697. The van der Waals surface area contributed by atoms with E-state index in [-0.39, 0.29) is 23.6 Å². The molecule has 1 amide bonds. The Morgan fingerprint density at radius 3 is 3.16 bits per heavy atom. The maximum absolute atomic E-state index is 14.8. The van der Waals surface area contributed by atoms with E-state index in [1.807, 2.05) is 33.6 Å². The van der Waals surface area contributed by atoms with Gasteiger partial charge in [-0.15, -0.1) is 0 Å². The number of hydrogen-bond donors (Lipinski definition) is 2. The lowest BCUT2D eigenvalue weighted by atomic mass is 10.1. The number of fused-ring (bicyclic) bond motifs is 1. The van der Waals surface area contributed by atoms with Crippen molar-refractivity contribution in [3.63, 3.8) is 0 Å². The second kappa shape index (κ2) is 6.49. The third-order valence-electron chi connectivity index (χ3n) is 4.68. The molecule has 2 aromatic rings. The molecule has 8 heteroatoms. The van der Waals surface area contributed by atoms with Crippen LogP contribution < -0.4 is 0 Å². The van der Waals surface area contributed by atoms with E-state index in [0.29, 0.717) is 15.2 Å². The van der Waals surface area contributed by atoms with Gasteiger partial charge in [-0.05, 0) is 54.0 Å². The van der Waals surface area contributed by atoms with Crippen molar-refractivity contribution < 1.29 is 17.0 Å². The monoisotopic (exact) mass is 456 g/mol. The molecule has 1 saturated heterocycles. The molecule has 2 aliphatic rings. The van der Waals surface area contributed by atoms with Crippen molar-refractivity contribution in [3.05, 3.63) is 45.5 Å². The van der Waals surface area contributed by atoms with Gasteiger partial charge in [-0.1, -0.05) is 6.08 Å². The highest BCUT2D eigenvalue weighted by Gasteiger charge is 2.39. The van der Waals surface area contributed by atoms with Crippen molar-refractivity contribution in [2.24, 2.45) is 0 Å². The minimum atomic E-state index is -2.89. The van der Waals surface area contributed by atoms with Gasteiger partial charge in [0, 0.05) is 17.8 Å². The van der Waals surface area contributed by atoms with E-state index < -0.39 is 18.1 Å². The molecule has 0 bridgehead atoms. The number of aromatic amines is 1. The molecule has 0 aliphatic carbocycles. The van der Waals surface area contributed by atoms with E-state index in [9.17, 15) is 14.3 Å². The minimum Gasteiger partial charge on any atom is -0.390 e. The van der Waals surface area contributed by atoms with Gasteiger partial charge in [0.25, 0.3) is 0 Å². The average Bonchev–Trinajstić information content (AvgIpc) is 3.18. The Kier molecular flexibility index (Phi) is 3.73. The lowest BCUT2D eigenvalue weighted by Crippen LogP contribution is -2.38. The SMILES string of the molecule is [2H]C([2H])(O)c1nccc(-c2[nH]c(C3CCC4CC=CC(=O)N43)nc2I)c1F. The van der Waals surface area contributed by atoms with E-state index in [4.69, 9.17) is 2.74 Å². The van der Waals surface area contributed by atoms with Gasteiger partial charge in [0.1, 0.15) is 15.2 Å². The van der Waals surface area contributed by atoms with E-state index in [1.54, 1.807) is 6.08 Å². The second-order valence-electron chi connectivity index (χ2n) is 6.05. The van der Waals surface area contributed by atoms with Crippen LogP contribution in [0.1, 0.15) is 39.6 Å². The number of pyridine rings is 1. The lowest BCUT2D eigenvalue weighted by Gasteiger charge is -2.30. The van der Waals surface area contributed by atoms with Gasteiger partial charge in [-0.25, -0.2) is 9.37 Å². The van der Waals surface area contributed by atoms with E-state index in [2.05, 4.69) is 15.0 Å². The Morgan fingerprint density at radius 1 is 1.52 bits per heavy atom. The lowest BCUT2D eigenvalue weighted by molar-refractivity contribution is -0.129. The summed E-state index contributed by atoms with van der Waals surface area (Å²) in [6.07, 6.45) is 7.17. The van der Waals surface area contributed by atoms with Gasteiger partial charge in [0.15, 0.2) is 5.82 Å². The van der Waals surface area contributed by atoms with Crippen molar-refractivity contribution in [1.82, 2.24) is 19.9 Å². The van der Waals surface area contributed by atoms with Gasteiger partial charge < -0.3 is 15.0 Å². The first-order chi connectivity index (χ1) is 12.8. The minimum absolute atomic E-state index is 0.0486. The summed E-state index contributed by atoms with van der Waals surface area (Å²) in [4.78, 5) is 25.3. The largest absolute Gasteiger partial charge is 0.390 e. The fraction of sp³-hybridized carbons (Fsp3) is 0.353. The summed E-state index contributed by atoms with van der Waals surface area (Å²) in [5.74, 6) is -0.419. The number of halogens is 2. The Balaban J connectivity index is 1.73. The molecule has 2 unspecified atom stereocenters. The highest BCUT2D eigenvalue weighted by atomic mass is 127. The molecule has 2 aliphatic heterocycles. The molecular formula is C17H16FIN4O2. The first-order valence-electron chi connectivity index (χ1n) is 8.89. The van der Waals surface area contributed by atoms with Crippen molar-refractivity contribution in [3.8, 4) is 11.3 Å². The summed E-state index contributed by atoms with van der Waals surface area (Å²) in [5.41, 5.74) is -0.232. The summed E-state index contributed by atoms with van der Waals surface area (Å²) >= 11 is 1.97. The maximum atomic E-state index is 14.8. The van der Waals surface area contributed by atoms with Gasteiger partial charge in [-0.2, -0.15) is 0 Å². The standard InChI is InChI=1S/C17H16FIN4O2/c18-14-10(6-7-20-11(14)8-24)15-16(19)22-17(21-15)12-5-4-9-2-1-3-13(25)23(9)12/h1,3,6-7,9,12,24H,2,4-5,8H2,(H,21,22)/i8D2. The zero-order chi connectivity index (χ0) is 19.3. The maximum Gasteiger partial charge on any atom is 0.247 e. The number of aromatic nitrogens is 3. The van der Waals surface area contributed by atoms with Crippen molar-refractivity contribution >= 4 is 28.5 Å². The zero-order valence-electron chi connectivity index (χ0n) is 15.0. The van der Waals surface area contributed by atoms with Crippen LogP contribution in [0.25, 0.3) is 11.3 Å². The van der Waals surface area contributed by atoms with Crippen LogP contribution in [-0.4, -0.2) is 36.9 Å². The molecule has 6 nitrogen and oxygen atoms in total. The Bertz CT molecular complexity index is 944. The van der Waals surface area contributed by atoms with Crippen LogP contribution in [0.2, 0.25) is 0 Å². The summed E-state index contributed by atoms with van der Waals surface area (Å²) in [7, 11) is 0. The Hall–Kier alpha value is -1.81. The fourth-order valence-electron chi connectivity index (χ4n) is 3.55. The fourth-order valence-corrected chi connectivity index (χ4v) is 4.23. The van der Waals surface area contributed by atoms with Crippen LogP contribution in [0.5, 0.6) is 0 Å². The third kappa shape index (κ3) is 2.77. The Labute approximate surface area is 160 Å². The summed E-state index contributed by atoms with van der Waals surface area (Å²) in [5, 5.41) is 9.50. The molecule has 0 radical (unpaired) electrons. The van der Waals surface area contributed by atoms with Gasteiger partial charge in [0.05, 0.1) is 21.0 Å². The summed E-state index contributed by atoms with van der Waals surface area (Å²) in [6, 6.07) is 1.35. The highest BCUT2D eigenvalue weighted by Crippen LogP contribution is 2.39. The molecule has 2 N–H and O–H groups in total. The zero-order valence-corrected chi connectivity index (χ0v) is 15.2. The number of amides is 1. The smallest absolute Gasteiger partial charge is 0.247 e. The molecule has 2 atom stereocenters. The number of nitrogens with one attached hydrogen (secondary N) is 1. The number of aliphatic hydroxyl groups is 1. The number of nitrogens with zero attached hydrogens (tertiary/aromatic N) is 3. The van der Waals surface area contributed by atoms with Crippen LogP contribution >= 0.6 is 22.6 Å². The average molecular weight is 456 g/mol. The van der Waals surface area contributed by atoms with Crippen molar-refractivity contribution in [2.75, 3.05) is 0 Å². The molecule has 0 aromatic carbocycles. The summed E-state index contributed by atoms with van der Waals surface area (Å²) in [6.45, 7) is -2.89. The van der Waals surface area contributed by atoms with Crippen LogP contribution in [0, 0.1) is 9.52 Å². The molecule has 1 fully saturated rings. The van der Waals surface area contributed by atoms with E-state index in [0.717, 1.165) is 19.3 Å². The highest BCUT2D eigenvalue weighted by molar-refractivity contribution is 14.1. The number of H-pyrrole nitrogens is 1. The normalized spacial score (nSPS) is 24.3. The topological polar surface area (TPSA) is 82.1 Å². The predicted octanol–water partition coefficient (Wildman–Crippen LogP) is 2.70. The molecule has 0 spiro atoms. The first kappa shape index (κ1) is 14.4. The molecule has 4 heterocycles. The number of carbonyl (C=O) groups excluding carboxylic acids is 1. The van der Waals surface area contributed by atoms with Gasteiger partial charge in [-0.3, -0.25) is 9.78 Å². The molecule has 2 aromatic heterocycles. The van der Waals surface area contributed by atoms with Crippen LogP contribution in [0.15, 0.2) is 24.4 Å². The molecule has 0 saturated carbocycles. The Morgan fingerprint density at radius 2 is 2.36 bits per heavy atom. The van der Waals surface area contributed by atoms with Gasteiger partial charge in [0.2, 0.25) is 5.91 Å². The number of rotatable bonds is 3. The number of hydrogen-bond acceptors (Lipinski definition) is 4. The second-order valence-corrected chi connectivity index (χ2v) is 7.07. The predicted molar refractivity (Wildman–Crippen MR) is 96.8 cm³/mol. The van der Waals surface area contributed by atoms with E-state index >= 15 is 0 Å². The van der Waals surface area contributed by atoms with Crippen LogP contribution in [0.3, 0.4) is 0 Å².